The third kappa shape index (κ3) is 5.58. The number of aromatic nitrogens is 2. The van der Waals surface area contributed by atoms with Crippen LogP contribution in [-0.4, -0.2) is 84.3 Å². The van der Waals surface area contributed by atoms with Crippen molar-refractivity contribution >= 4 is 22.6 Å². The maximum Gasteiger partial charge on any atom is 0.245 e. The number of hydrogen-bond donors (Lipinski definition) is 1. The van der Waals surface area contributed by atoms with Crippen LogP contribution < -0.4 is 10.1 Å². The number of fused-ring (bicyclic) bond motifs is 1. The average Bonchev–Trinajstić information content (AvgIpc) is 3.32. The van der Waals surface area contributed by atoms with Gasteiger partial charge in [-0.05, 0) is 70.3 Å². The third-order valence-corrected chi connectivity index (χ3v) is 8.69. The first-order valence-electron chi connectivity index (χ1n) is 14.1. The second-order valence-electron chi connectivity index (χ2n) is 11.2. The summed E-state index contributed by atoms with van der Waals surface area (Å²) in [6, 6.07) is 15.0. The number of likely N-dealkylation sites (tertiary alicyclic amines) is 1. The number of benzene rings is 2. The van der Waals surface area contributed by atoms with Crippen LogP contribution in [-0.2, 0) is 9.53 Å². The molecule has 1 amide bonds. The molecule has 2 aromatic carbocycles. The highest BCUT2D eigenvalue weighted by atomic mass is 16.5. The number of amides is 1. The van der Waals surface area contributed by atoms with Crippen molar-refractivity contribution in [3.63, 3.8) is 0 Å². The molecule has 8 heteroatoms. The fourth-order valence-corrected chi connectivity index (χ4v) is 6.37. The molecule has 3 aromatic rings. The van der Waals surface area contributed by atoms with E-state index in [1.807, 2.05) is 36.4 Å². The number of methoxy groups -OCH3 is 2. The summed E-state index contributed by atoms with van der Waals surface area (Å²) in [5.74, 6) is 1.99. The zero-order chi connectivity index (χ0) is 27.5. The number of para-hydroxylation sites is 1. The number of ether oxygens (including phenoxy) is 2. The number of anilines is 1. The largest absolute Gasteiger partial charge is 0.496 e. The number of carbonyl (C=O) groups is 1. The van der Waals surface area contributed by atoms with Crippen molar-refractivity contribution in [1.29, 1.82) is 0 Å². The van der Waals surface area contributed by atoms with Crippen molar-refractivity contribution < 1.29 is 14.3 Å². The van der Waals surface area contributed by atoms with E-state index in [-0.39, 0.29) is 18.0 Å². The van der Waals surface area contributed by atoms with Gasteiger partial charge in [-0.25, -0.2) is 9.97 Å². The van der Waals surface area contributed by atoms with Crippen molar-refractivity contribution in [2.45, 2.75) is 63.7 Å². The van der Waals surface area contributed by atoms with Gasteiger partial charge in [0.15, 0.2) is 0 Å². The van der Waals surface area contributed by atoms with Gasteiger partial charge in [0.2, 0.25) is 5.91 Å². The molecule has 208 valence electrons. The van der Waals surface area contributed by atoms with E-state index in [4.69, 9.17) is 9.47 Å². The molecule has 0 bridgehead atoms. The van der Waals surface area contributed by atoms with Gasteiger partial charge in [0, 0.05) is 48.6 Å². The van der Waals surface area contributed by atoms with E-state index in [2.05, 4.69) is 52.0 Å². The van der Waals surface area contributed by atoms with Gasteiger partial charge in [0.1, 0.15) is 23.9 Å². The molecule has 1 saturated heterocycles. The lowest BCUT2D eigenvalue weighted by Crippen LogP contribution is -2.52. The van der Waals surface area contributed by atoms with Gasteiger partial charge in [-0.1, -0.05) is 24.3 Å². The molecule has 1 aromatic heterocycles. The van der Waals surface area contributed by atoms with E-state index < -0.39 is 0 Å². The van der Waals surface area contributed by atoms with Crippen molar-refractivity contribution in [2.24, 2.45) is 5.92 Å². The van der Waals surface area contributed by atoms with E-state index in [9.17, 15) is 4.79 Å². The summed E-state index contributed by atoms with van der Waals surface area (Å²) in [5, 5.41) is 4.38. The second-order valence-corrected chi connectivity index (χ2v) is 11.2. The average molecular weight is 532 g/mol. The van der Waals surface area contributed by atoms with Crippen LogP contribution in [0.2, 0.25) is 0 Å². The van der Waals surface area contributed by atoms with Gasteiger partial charge in [-0.2, -0.15) is 0 Å². The molecule has 1 aliphatic heterocycles. The predicted molar refractivity (Wildman–Crippen MR) is 155 cm³/mol. The fraction of sp³-hybridized carbons (Fsp3) is 0.516. The van der Waals surface area contributed by atoms with Crippen LogP contribution in [0, 0.1) is 5.92 Å². The Bertz CT molecular complexity index is 1300. The van der Waals surface area contributed by atoms with Gasteiger partial charge < -0.3 is 24.6 Å². The maximum absolute atomic E-state index is 13.7. The molecular formula is C31H41N5O3. The highest BCUT2D eigenvalue weighted by molar-refractivity contribution is 5.95. The molecular weight excluding hydrogens is 490 g/mol. The smallest absolute Gasteiger partial charge is 0.245 e. The highest BCUT2D eigenvalue weighted by Gasteiger charge is 2.42. The number of nitrogens with one attached hydrogen (secondary N) is 1. The van der Waals surface area contributed by atoms with Gasteiger partial charge >= 0.3 is 0 Å². The first kappa shape index (κ1) is 27.3. The van der Waals surface area contributed by atoms with Crippen molar-refractivity contribution in [2.75, 3.05) is 39.7 Å². The number of hydrogen-bond acceptors (Lipinski definition) is 7. The molecule has 5 rings (SSSR count). The van der Waals surface area contributed by atoms with Crippen LogP contribution in [0.15, 0.2) is 48.8 Å². The monoisotopic (exact) mass is 531 g/mol. The molecule has 0 spiro atoms. The third-order valence-electron chi connectivity index (χ3n) is 8.69. The lowest BCUT2D eigenvalue weighted by Gasteiger charge is -2.44. The summed E-state index contributed by atoms with van der Waals surface area (Å²) in [6.07, 6.45) is 5.47. The number of rotatable bonds is 9. The Kier molecular flexibility index (Phi) is 8.33. The van der Waals surface area contributed by atoms with E-state index in [1.54, 1.807) is 20.5 Å². The van der Waals surface area contributed by atoms with Crippen LogP contribution in [0.3, 0.4) is 0 Å². The summed E-state index contributed by atoms with van der Waals surface area (Å²) in [7, 11) is 5.66. The molecule has 1 saturated carbocycles. The summed E-state index contributed by atoms with van der Waals surface area (Å²) in [4.78, 5) is 27.3. The Morgan fingerprint density at radius 3 is 2.69 bits per heavy atom. The molecule has 8 nitrogen and oxygen atoms in total. The second kappa shape index (κ2) is 11.9. The van der Waals surface area contributed by atoms with Crippen LogP contribution in [0.5, 0.6) is 5.75 Å². The molecule has 0 unspecified atom stereocenters. The van der Waals surface area contributed by atoms with E-state index >= 15 is 0 Å². The molecule has 2 aliphatic rings. The van der Waals surface area contributed by atoms with Crippen LogP contribution in [0.25, 0.3) is 22.0 Å². The topological polar surface area (TPSA) is 79.8 Å². The molecule has 1 aliphatic carbocycles. The Morgan fingerprint density at radius 1 is 1.10 bits per heavy atom. The molecule has 4 atom stereocenters. The lowest BCUT2D eigenvalue weighted by atomic mass is 9.80. The molecule has 1 N–H and O–H groups in total. The standard InChI is InChI=1S/C31H41N5O3/c1-20(2)35(3)23-11-13-28(22(16-23)18-38-4)36-15-14-27(31(36)37)34-30-25-17-21(10-12-26(25)32-19-33-30)24-8-6-7-9-29(24)39-5/h6-10,12,17,19-20,22-23,27-28H,11,13-16,18H2,1-5H3,(H,32,33,34)/t22-,23-,27+,28+/m1/s1. The van der Waals surface area contributed by atoms with Crippen molar-refractivity contribution in [3.8, 4) is 16.9 Å². The minimum absolute atomic E-state index is 0.157. The highest BCUT2D eigenvalue weighted by Crippen LogP contribution is 2.36. The summed E-state index contributed by atoms with van der Waals surface area (Å²) >= 11 is 0. The van der Waals surface area contributed by atoms with E-state index in [0.29, 0.717) is 30.4 Å². The van der Waals surface area contributed by atoms with Crippen LogP contribution >= 0.6 is 0 Å². The number of carbonyl (C=O) groups excluding carboxylic acids is 1. The molecule has 2 fully saturated rings. The minimum Gasteiger partial charge on any atom is -0.496 e. The van der Waals surface area contributed by atoms with Gasteiger partial charge in [0.05, 0.1) is 19.2 Å². The molecule has 2 heterocycles. The maximum atomic E-state index is 13.7. The Balaban J connectivity index is 1.35. The van der Waals surface area contributed by atoms with Gasteiger partial charge in [-0.15, -0.1) is 0 Å². The fourth-order valence-electron chi connectivity index (χ4n) is 6.37. The molecule has 0 radical (unpaired) electrons. The van der Waals surface area contributed by atoms with Crippen molar-refractivity contribution in [1.82, 2.24) is 19.8 Å². The van der Waals surface area contributed by atoms with Crippen molar-refractivity contribution in [3.05, 3.63) is 48.8 Å². The summed E-state index contributed by atoms with van der Waals surface area (Å²) in [5.41, 5.74) is 2.85. The van der Waals surface area contributed by atoms with Crippen LogP contribution in [0.1, 0.15) is 39.5 Å². The van der Waals surface area contributed by atoms with Gasteiger partial charge in [-0.3, -0.25) is 4.79 Å². The lowest BCUT2D eigenvalue weighted by molar-refractivity contribution is -0.133. The van der Waals surface area contributed by atoms with Crippen LogP contribution in [0.4, 0.5) is 5.82 Å². The zero-order valence-corrected chi connectivity index (χ0v) is 23.8. The first-order valence-corrected chi connectivity index (χ1v) is 14.1. The Labute approximate surface area is 231 Å². The Hall–Kier alpha value is -3.23. The first-order chi connectivity index (χ1) is 18.9. The SMILES string of the molecule is COC[C@H]1C[C@H](N(C)C(C)C)CC[C@@H]1N1CC[C@H](Nc2ncnc3ccc(-c4ccccc4OC)cc23)C1=O. The summed E-state index contributed by atoms with van der Waals surface area (Å²) in [6.45, 7) is 5.92. The molecule has 39 heavy (non-hydrogen) atoms. The number of nitrogens with zero attached hydrogens (tertiary/aromatic N) is 4. The predicted octanol–water partition coefficient (Wildman–Crippen LogP) is 4.84. The Morgan fingerprint density at radius 2 is 1.92 bits per heavy atom. The van der Waals surface area contributed by atoms with E-state index in [0.717, 1.165) is 60.0 Å². The zero-order valence-electron chi connectivity index (χ0n) is 23.8. The summed E-state index contributed by atoms with van der Waals surface area (Å²) < 4.78 is 11.2. The van der Waals surface area contributed by atoms with Gasteiger partial charge in [0.25, 0.3) is 0 Å². The minimum atomic E-state index is -0.308. The normalized spacial score (nSPS) is 23.7. The van der Waals surface area contributed by atoms with E-state index in [1.165, 1.54) is 0 Å². The quantitative estimate of drug-likeness (QED) is 0.423.